The number of carbonyl (C=O) groups excluding carboxylic acids is 1. The number of amides is 1. The van der Waals surface area contributed by atoms with Crippen LogP contribution in [0.5, 0.6) is 0 Å². The molecule has 4 rings (SSSR count). The van der Waals surface area contributed by atoms with Crippen molar-refractivity contribution in [2.24, 2.45) is 7.05 Å². The second-order valence-corrected chi connectivity index (χ2v) is 7.31. The van der Waals surface area contributed by atoms with Gasteiger partial charge in [0.15, 0.2) is 5.65 Å². The summed E-state index contributed by atoms with van der Waals surface area (Å²) in [6.45, 7) is 4.23. The number of pyridine rings is 1. The van der Waals surface area contributed by atoms with E-state index in [0.717, 1.165) is 36.5 Å². The molecule has 0 radical (unpaired) electrons. The fourth-order valence-corrected chi connectivity index (χ4v) is 4.26. The first kappa shape index (κ1) is 16.5. The van der Waals surface area contributed by atoms with E-state index in [-0.39, 0.29) is 5.91 Å². The van der Waals surface area contributed by atoms with Crippen LogP contribution in [0, 0.1) is 0 Å². The van der Waals surface area contributed by atoms with E-state index in [2.05, 4.69) is 19.8 Å². The molecule has 2 saturated heterocycles. The highest BCUT2D eigenvalue weighted by atomic mass is 16.2. The minimum absolute atomic E-state index is 0.268. The number of imidazole rings is 1. The lowest BCUT2D eigenvalue weighted by atomic mass is 10.0. The van der Waals surface area contributed by atoms with Gasteiger partial charge in [-0.2, -0.15) is 0 Å². The predicted molar refractivity (Wildman–Crippen MR) is 97.2 cm³/mol. The molecule has 2 aliphatic heterocycles. The van der Waals surface area contributed by atoms with Crippen LogP contribution in [0.2, 0.25) is 0 Å². The molecule has 25 heavy (non-hydrogen) atoms. The van der Waals surface area contributed by atoms with Gasteiger partial charge in [0, 0.05) is 45.2 Å². The van der Waals surface area contributed by atoms with Crippen LogP contribution in [0.1, 0.15) is 37.9 Å². The molecular formula is C19H27N5O. The first-order valence-electron chi connectivity index (χ1n) is 9.50. The van der Waals surface area contributed by atoms with Crippen LogP contribution in [-0.4, -0.2) is 62.5 Å². The third kappa shape index (κ3) is 3.40. The number of piperidine rings is 1. The summed E-state index contributed by atoms with van der Waals surface area (Å²) >= 11 is 0. The molecule has 4 heterocycles. The summed E-state index contributed by atoms with van der Waals surface area (Å²) in [4.78, 5) is 26.4. The molecule has 2 aliphatic rings. The summed E-state index contributed by atoms with van der Waals surface area (Å²) in [6.07, 6.45) is 7.98. The van der Waals surface area contributed by atoms with Crippen LogP contribution < -0.4 is 0 Å². The van der Waals surface area contributed by atoms with Gasteiger partial charge >= 0.3 is 0 Å². The molecule has 2 aromatic heterocycles. The third-order valence-corrected chi connectivity index (χ3v) is 5.69. The fourth-order valence-electron chi connectivity index (χ4n) is 4.26. The smallest absolute Gasteiger partial charge is 0.223 e. The molecule has 6 nitrogen and oxygen atoms in total. The van der Waals surface area contributed by atoms with Gasteiger partial charge in [-0.1, -0.05) is 0 Å². The largest absolute Gasteiger partial charge is 0.341 e. The molecule has 134 valence electrons. The van der Waals surface area contributed by atoms with Gasteiger partial charge in [-0.25, -0.2) is 9.97 Å². The zero-order valence-corrected chi connectivity index (χ0v) is 15.0. The standard InChI is InChI=1S/C19H27N5O/c1-22-17(21-16-7-4-10-20-19(16)22)8-9-18(25)24-13-5-6-15(14-24)23-11-2-3-12-23/h4,7,10,15H,2-3,5-6,8-9,11-14H2,1H3. The predicted octanol–water partition coefficient (Wildman–Crippen LogP) is 1.99. The Labute approximate surface area is 148 Å². The number of fused-ring (bicyclic) bond motifs is 1. The zero-order valence-electron chi connectivity index (χ0n) is 15.0. The van der Waals surface area contributed by atoms with Gasteiger partial charge in [0.25, 0.3) is 0 Å². The van der Waals surface area contributed by atoms with E-state index in [1.54, 1.807) is 6.20 Å². The summed E-state index contributed by atoms with van der Waals surface area (Å²) in [5, 5.41) is 0. The van der Waals surface area contributed by atoms with Gasteiger partial charge in [-0.3, -0.25) is 9.69 Å². The molecule has 1 unspecified atom stereocenters. The lowest BCUT2D eigenvalue weighted by Gasteiger charge is -2.37. The van der Waals surface area contributed by atoms with Crippen molar-refractivity contribution in [2.75, 3.05) is 26.2 Å². The molecule has 2 fully saturated rings. The molecule has 0 saturated carbocycles. The Bertz CT molecular complexity index is 749. The van der Waals surface area contributed by atoms with E-state index < -0.39 is 0 Å². The molecule has 0 aliphatic carbocycles. The maximum absolute atomic E-state index is 12.7. The van der Waals surface area contributed by atoms with Gasteiger partial charge in [0.1, 0.15) is 11.3 Å². The maximum Gasteiger partial charge on any atom is 0.223 e. The first-order valence-corrected chi connectivity index (χ1v) is 9.50. The van der Waals surface area contributed by atoms with Crippen molar-refractivity contribution in [3.63, 3.8) is 0 Å². The van der Waals surface area contributed by atoms with Crippen molar-refractivity contribution in [1.82, 2.24) is 24.3 Å². The molecule has 0 bridgehead atoms. The van der Waals surface area contributed by atoms with Crippen molar-refractivity contribution in [2.45, 2.75) is 44.6 Å². The van der Waals surface area contributed by atoms with Crippen molar-refractivity contribution in [1.29, 1.82) is 0 Å². The molecule has 1 amide bonds. The van der Waals surface area contributed by atoms with Crippen LogP contribution in [0.3, 0.4) is 0 Å². The van der Waals surface area contributed by atoms with E-state index >= 15 is 0 Å². The number of nitrogens with zero attached hydrogens (tertiary/aromatic N) is 5. The lowest BCUT2D eigenvalue weighted by Crippen LogP contribution is -2.49. The van der Waals surface area contributed by atoms with Crippen LogP contribution in [0.25, 0.3) is 11.2 Å². The number of hydrogen-bond donors (Lipinski definition) is 0. The van der Waals surface area contributed by atoms with Crippen LogP contribution in [0.4, 0.5) is 0 Å². The summed E-state index contributed by atoms with van der Waals surface area (Å²) in [6, 6.07) is 4.44. The quantitative estimate of drug-likeness (QED) is 0.853. The molecular weight excluding hydrogens is 314 g/mol. The summed E-state index contributed by atoms with van der Waals surface area (Å²) in [5.41, 5.74) is 1.79. The number of likely N-dealkylation sites (tertiary alicyclic amines) is 2. The Kier molecular flexibility index (Phi) is 4.70. The van der Waals surface area contributed by atoms with Crippen molar-refractivity contribution in [3.05, 3.63) is 24.2 Å². The molecule has 1 atom stereocenters. The van der Waals surface area contributed by atoms with Gasteiger partial charge in [0.2, 0.25) is 5.91 Å². The highest BCUT2D eigenvalue weighted by Gasteiger charge is 2.29. The Balaban J connectivity index is 1.37. The van der Waals surface area contributed by atoms with Gasteiger partial charge in [0.05, 0.1) is 0 Å². The summed E-state index contributed by atoms with van der Waals surface area (Å²) in [7, 11) is 1.98. The van der Waals surface area contributed by atoms with Gasteiger partial charge < -0.3 is 9.47 Å². The van der Waals surface area contributed by atoms with E-state index in [0.29, 0.717) is 18.9 Å². The number of rotatable bonds is 4. The lowest BCUT2D eigenvalue weighted by molar-refractivity contribution is -0.133. The minimum atomic E-state index is 0.268. The number of aryl methyl sites for hydroxylation is 2. The molecule has 6 heteroatoms. The Morgan fingerprint density at radius 2 is 2.08 bits per heavy atom. The minimum Gasteiger partial charge on any atom is -0.341 e. The number of carbonyl (C=O) groups is 1. The zero-order chi connectivity index (χ0) is 17.2. The van der Waals surface area contributed by atoms with Crippen LogP contribution in [0.15, 0.2) is 18.3 Å². The molecule has 0 spiro atoms. The third-order valence-electron chi connectivity index (χ3n) is 5.69. The van der Waals surface area contributed by atoms with Crippen molar-refractivity contribution >= 4 is 17.1 Å². The first-order chi connectivity index (χ1) is 12.2. The van der Waals surface area contributed by atoms with Crippen molar-refractivity contribution < 1.29 is 4.79 Å². The summed E-state index contributed by atoms with van der Waals surface area (Å²) < 4.78 is 2.01. The number of aromatic nitrogens is 3. The number of hydrogen-bond acceptors (Lipinski definition) is 4. The van der Waals surface area contributed by atoms with E-state index in [9.17, 15) is 4.79 Å². The highest BCUT2D eigenvalue weighted by molar-refractivity contribution is 5.77. The van der Waals surface area contributed by atoms with E-state index in [4.69, 9.17) is 0 Å². The monoisotopic (exact) mass is 341 g/mol. The average Bonchev–Trinajstić information content (AvgIpc) is 3.29. The molecule has 0 N–H and O–H groups in total. The topological polar surface area (TPSA) is 54.3 Å². The van der Waals surface area contributed by atoms with Gasteiger partial charge in [-0.05, 0) is 50.9 Å². The van der Waals surface area contributed by atoms with Crippen molar-refractivity contribution in [3.8, 4) is 0 Å². The van der Waals surface area contributed by atoms with Crippen LogP contribution in [-0.2, 0) is 18.3 Å². The summed E-state index contributed by atoms with van der Waals surface area (Å²) in [5.74, 6) is 1.21. The van der Waals surface area contributed by atoms with E-state index in [1.165, 1.54) is 32.4 Å². The van der Waals surface area contributed by atoms with E-state index in [1.807, 2.05) is 23.7 Å². The Hall–Kier alpha value is -1.95. The van der Waals surface area contributed by atoms with Gasteiger partial charge in [-0.15, -0.1) is 0 Å². The maximum atomic E-state index is 12.7. The fraction of sp³-hybridized carbons (Fsp3) is 0.632. The SMILES string of the molecule is Cn1c(CCC(=O)N2CCCC(N3CCCC3)C2)nc2cccnc21. The second kappa shape index (κ2) is 7.12. The Morgan fingerprint density at radius 1 is 1.24 bits per heavy atom. The Morgan fingerprint density at radius 3 is 2.88 bits per heavy atom. The average molecular weight is 341 g/mol. The molecule has 0 aromatic carbocycles. The normalized spacial score (nSPS) is 22.0. The highest BCUT2D eigenvalue weighted by Crippen LogP contribution is 2.21. The van der Waals surface area contributed by atoms with Crippen LogP contribution >= 0.6 is 0 Å². The molecule has 2 aromatic rings. The second-order valence-electron chi connectivity index (χ2n) is 7.31.